The lowest BCUT2D eigenvalue weighted by molar-refractivity contribution is -0.120. The van der Waals surface area contributed by atoms with E-state index in [1.807, 2.05) is 86.6 Å². The highest BCUT2D eigenvalue weighted by Crippen LogP contribution is 2.38. The molecule has 1 N–H and O–H groups in total. The van der Waals surface area contributed by atoms with Crippen LogP contribution >= 0.6 is 11.8 Å². The number of rotatable bonds is 6. The second-order valence-electron chi connectivity index (χ2n) is 7.46. The van der Waals surface area contributed by atoms with Gasteiger partial charge in [0.25, 0.3) is 11.8 Å². The number of carbonyl (C=O) groups excluding carboxylic acids is 2. The summed E-state index contributed by atoms with van der Waals surface area (Å²) in [5.41, 5.74) is 5.04. The van der Waals surface area contributed by atoms with E-state index in [9.17, 15) is 9.59 Å². The minimum atomic E-state index is -0.339. The highest BCUT2D eigenvalue weighted by Gasteiger charge is 2.40. The molecule has 0 aromatic heterocycles. The van der Waals surface area contributed by atoms with E-state index in [4.69, 9.17) is 0 Å². The molecule has 0 aliphatic carbocycles. The first-order valence-corrected chi connectivity index (χ1v) is 11.1. The van der Waals surface area contributed by atoms with Gasteiger partial charge in [0, 0.05) is 10.6 Å². The van der Waals surface area contributed by atoms with E-state index in [1.165, 1.54) is 16.7 Å². The number of nitrogens with zero attached hydrogens (tertiary/aromatic N) is 1. The first-order chi connectivity index (χ1) is 15.0. The second-order valence-corrected chi connectivity index (χ2v) is 8.54. The van der Waals surface area contributed by atoms with Crippen LogP contribution in [0.5, 0.6) is 0 Å². The monoisotopic (exact) mass is 428 g/mol. The summed E-state index contributed by atoms with van der Waals surface area (Å²) in [6.45, 7) is 6.10. The van der Waals surface area contributed by atoms with E-state index < -0.39 is 0 Å². The van der Waals surface area contributed by atoms with E-state index in [0.717, 1.165) is 33.7 Å². The van der Waals surface area contributed by atoms with E-state index in [2.05, 4.69) is 12.2 Å². The summed E-state index contributed by atoms with van der Waals surface area (Å²) in [5, 5.41) is 3.27. The molecule has 3 aromatic rings. The lowest BCUT2D eigenvalue weighted by Crippen LogP contribution is -2.32. The molecule has 0 atom stereocenters. The van der Waals surface area contributed by atoms with Gasteiger partial charge in [-0.25, -0.2) is 4.90 Å². The van der Waals surface area contributed by atoms with Gasteiger partial charge >= 0.3 is 0 Å². The molecule has 156 valence electrons. The third kappa shape index (κ3) is 4.14. The molecule has 31 heavy (non-hydrogen) atoms. The van der Waals surface area contributed by atoms with Gasteiger partial charge in [0.05, 0.1) is 5.69 Å². The zero-order valence-corrected chi connectivity index (χ0v) is 18.6. The molecule has 0 saturated carbocycles. The van der Waals surface area contributed by atoms with Crippen molar-refractivity contribution in [3.8, 4) is 0 Å². The largest absolute Gasteiger partial charge is 0.350 e. The van der Waals surface area contributed by atoms with Crippen LogP contribution in [0.3, 0.4) is 0 Å². The third-order valence-corrected chi connectivity index (χ3v) is 6.56. The van der Waals surface area contributed by atoms with Crippen molar-refractivity contribution in [1.82, 2.24) is 0 Å². The summed E-state index contributed by atoms with van der Waals surface area (Å²) in [5.74, 6) is -0.649. The van der Waals surface area contributed by atoms with Crippen LogP contribution in [0.1, 0.15) is 23.6 Å². The number of nitrogens with one attached hydrogen (secondary N) is 1. The number of thioether (sulfide) groups is 1. The lowest BCUT2D eigenvalue weighted by atomic mass is 10.1. The van der Waals surface area contributed by atoms with Crippen LogP contribution in [0.2, 0.25) is 0 Å². The predicted molar refractivity (Wildman–Crippen MR) is 127 cm³/mol. The average molecular weight is 429 g/mol. The fourth-order valence-corrected chi connectivity index (χ4v) is 4.41. The summed E-state index contributed by atoms with van der Waals surface area (Å²) in [6.07, 6.45) is 0.898. The maximum atomic E-state index is 13.4. The molecule has 0 radical (unpaired) electrons. The molecule has 3 aromatic carbocycles. The second kappa shape index (κ2) is 8.82. The van der Waals surface area contributed by atoms with Crippen LogP contribution in [0.15, 0.2) is 88.3 Å². The summed E-state index contributed by atoms with van der Waals surface area (Å²) in [4.78, 5) is 29.4. The average Bonchev–Trinajstić information content (AvgIpc) is 3.01. The maximum Gasteiger partial charge on any atom is 0.283 e. The summed E-state index contributed by atoms with van der Waals surface area (Å²) >= 11 is 1.31. The van der Waals surface area contributed by atoms with Crippen molar-refractivity contribution in [3.05, 3.63) is 100 Å². The molecule has 1 aliphatic heterocycles. The smallest absolute Gasteiger partial charge is 0.283 e. The van der Waals surface area contributed by atoms with Gasteiger partial charge < -0.3 is 5.32 Å². The van der Waals surface area contributed by atoms with Crippen molar-refractivity contribution in [2.24, 2.45) is 0 Å². The Hall–Kier alpha value is -3.31. The maximum absolute atomic E-state index is 13.4. The Kier molecular flexibility index (Phi) is 5.96. The van der Waals surface area contributed by atoms with Gasteiger partial charge in [-0.15, -0.1) is 0 Å². The number of anilines is 2. The number of benzene rings is 3. The number of hydrogen-bond donors (Lipinski definition) is 1. The van der Waals surface area contributed by atoms with Crippen LogP contribution in [-0.2, 0) is 16.0 Å². The topological polar surface area (TPSA) is 49.4 Å². The fraction of sp³-hybridized carbons (Fsp3) is 0.154. The fourth-order valence-electron chi connectivity index (χ4n) is 3.46. The molecule has 4 nitrogen and oxygen atoms in total. The zero-order chi connectivity index (χ0) is 22.0. The van der Waals surface area contributed by atoms with Gasteiger partial charge in [0.2, 0.25) is 0 Å². The minimum absolute atomic E-state index is 0.309. The Bertz CT molecular complexity index is 1170. The summed E-state index contributed by atoms with van der Waals surface area (Å²) in [7, 11) is 0. The number of carbonyl (C=O) groups is 2. The zero-order valence-electron chi connectivity index (χ0n) is 17.8. The molecule has 0 spiro atoms. The van der Waals surface area contributed by atoms with E-state index in [1.54, 1.807) is 0 Å². The molecule has 0 saturated heterocycles. The highest BCUT2D eigenvalue weighted by atomic mass is 32.2. The molecular formula is C26H24N2O2S. The minimum Gasteiger partial charge on any atom is -0.350 e. The molecule has 5 heteroatoms. The van der Waals surface area contributed by atoms with Gasteiger partial charge in [-0.1, -0.05) is 61.2 Å². The molecule has 2 amide bonds. The quantitative estimate of drug-likeness (QED) is 0.500. The molecule has 1 aliphatic rings. The molecule has 0 bridgehead atoms. The SMILES string of the molecule is CCc1ccc(N2C(=O)C(Nc3cccc(C)c3C)=C(Sc3ccccc3)C2=O)cc1. The Morgan fingerprint density at radius 1 is 0.839 bits per heavy atom. The lowest BCUT2D eigenvalue weighted by Gasteiger charge is -2.16. The van der Waals surface area contributed by atoms with Crippen molar-refractivity contribution in [3.63, 3.8) is 0 Å². The van der Waals surface area contributed by atoms with E-state index in [-0.39, 0.29) is 11.8 Å². The number of aryl methyl sites for hydroxylation is 2. The van der Waals surface area contributed by atoms with Gasteiger partial charge in [0.1, 0.15) is 10.6 Å². The van der Waals surface area contributed by atoms with E-state index >= 15 is 0 Å². The van der Waals surface area contributed by atoms with Crippen molar-refractivity contribution in [2.45, 2.75) is 32.1 Å². The number of amides is 2. The number of hydrogen-bond acceptors (Lipinski definition) is 4. The van der Waals surface area contributed by atoms with Crippen LogP contribution in [0.4, 0.5) is 11.4 Å². The van der Waals surface area contributed by atoms with Gasteiger partial charge in [-0.3, -0.25) is 9.59 Å². The first kappa shape index (κ1) is 20.9. The Morgan fingerprint density at radius 2 is 1.55 bits per heavy atom. The van der Waals surface area contributed by atoms with Crippen molar-refractivity contribution < 1.29 is 9.59 Å². The first-order valence-electron chi connectivity index (χ1n) is 10.3. The Labute approximate surface area is 187 Å². The summed E-state index contributed by atoms with van der Waals surface area (Å²) < 4.78 is 0. The molecule has 4 rings (SSSR count). The van der Waals surface area contributed by atoms with Crippen LogP contribution < -0.4 is 10.2 Å². The number of imide groups is 1. The van der Waals surface area contributed by atoms with Gasteiger partial charge in [-0.2, -0.15) is 0 Å². The van der Waals surface area contributed by atoms with Crippen LogP contribution in [0, 0.1) is 13.8 Å². The highest BCUT2D eigenvalue weighted by molar-refractivity contribution is 8.04. The third-order valence-electron chi connectivity index (χ3n) is 5.47. The Balaban J connectivity index is 1.75. The van der Waals surface area contributed by atoms with Crippen LogP contribution in [0.25, 0.3) is 0 Å². The van der Waals surface area contributed by atoms with Crippen LogP contribution in [-0.4, -0.2) is 11.8 Å². The van der Waals surface area contributed by atoms with Crippen molar-refractivity contribution >= 4 is 35.0 Å². The summed E-state index contributed by atoms with van der Waals surface area (Å²) in [6, 6.07) is 23.1. The van der Waals surface area contributed by atoms with Crippen molar-refractivity contribution in [1.29, 1.82) is 0 Å². The Morgan fingerprint density at radius 3 is 2.23 bits per heavy atom. The predicted octanol–water partition coefficient (Wildman–Crippen LogP) is 5.86. The van der Waals surface area contributed by atoms with Gasteiger partial charge in [0.15, 0.2) is 0 Å². The van der Waals surface area contributed by atoms with Gasteiger partial charge in [-0.05, 0) is 67.3 Å². The van der Waals surface area contributed by atoms with Crippen molar-refractivity contribution in [2.75, 3.05) is 10.2 Å². The molecule has 1 heterocycles. The standard InChI is InChI=1S/C26H24N2O2S/c1-4-19-13-15-20(16-14-19)28-25(29)23(27-22-12-8-9-17(2)18(22)3)24(26(28)30)31-21-10-6-5-7-11-21/h5-16,27H,4H2,1-3H3. The normalized spacial score (nSPS) is 13.8. The van der Waals surface area contributed by atoms with E-state index in [0.29, 0.717) is 16.3 Å². The molecular weight excluding hydrogens is 404 g/mol. The molecule has 0 fully saturated rings. The molecule has 0 unspecified atom stereocenters.